The average molecular weight is 498 g/mol. The smallest absolute Gasteiger partial charge is 0.329 e. The third-order valence-corrected chi connectivity index (χ3v) is 6.87. The number of Topliss-reactive ketones (excluding diaryl/α,β-unsaturated/α-hetero) is 1. The Morgan fingerprint density at radius 2 is 1.80 bits per heavy atom. The number of aromatic nitrogens is 5. The molecule has 1 saturated heterocycles. The van der Waals surface area contributed by atoms with Gasteiger partial charge in [0.1, 0.15) is 11.4 Å². The number of aromatic amines is 1. The van der Waals surface area contributed by atoms with Gasteiger partial charge in [-0.3, -0.25) is 23.7 Å². The summed E-state index contributed by atoms with van der Waals surface area (Å²) in [6.07, 6.45) is 3.38. The van der Waals surface area contributed by atoms with E-state index in [1.807, 2.05) is 49.6 Å². The Balaban J connectivity index is 1.64. The lowest BCUT2D eigenvalue weighted by Crippen LogP contribution is -2.37. The lowest BCUT2D eigenvalue weighted by molar-refractivity contribution is 0.102. The first-order chi connectivity index (χ1) is 16.8. The van der Waals surface area contributed by atoms with Gasteiger partial charge in [-0.15, -0.1) is 10.2 Å². The monoisotopic (exact) mass is 497 g/mol. The molecule has 0 saturated carbocycles. The molecular formula is C24H31N7O3S. The molecule has 11 heteroatoms. The van der Waals surface area contributed by atoms with Gasteiger partial charge in [0.05, 0.1) is 11.4 Å². The van der Waals surface area contributed by atoms with Gasteiger partial charge in [0.15, 0.2) is 10.9 Å². The molecule has 1 aromatic carbocycles. The number of nitrogens with zero attached hydrogens (tertiary/aromatic N) is 5. The fraction of sp³-hybridized carbons (Fsp3) is 0.458. The number of hydrogen-bond donors (Lipinski definition) is 2. The van der Waals surface area contributed by atoms with Crippen LogP contribution in [0, 0.1) is 12.8 Å². The second-order valence-electron chi connectivity index (χ2n) is 9.24. The number of rotatable bonds is 8. The molecule has 35 heavy (non-hydrogen) atoms. The number of aryl methyl sites for hydroxylation is 1. The Morgan fingerprint density at radius 1 is 1.11 bits per heavy atom. The number of carbonyl (C=O) groups is 1. The van der Waals surface area contributed by atoms with Gasteiger partial charge in [-0.05, 0) is 44.2 Å². The van der Waals surface area contributed by atoms with Crippen molar-refractivity contribution < 1.29 is 4.79 Å². The highest BCUT2D eigenvalue weighted by Gasteiger charge is 2.24. The van der Waals surface area contributed by atoms with Crippen LogP contribution in [0.15, 0.2) is 39.0 Å². The highest BCUT2D eigenvalue weighted by atomic mass is 32.2. The van der Waals surface area contributed by atoms with Gasteiger partial charge >= 0.3 is 5.69 Å². The Labute approximate surface area is 207 Å². The van der Waals surface area contributed by atoms with E-state index in [2.05, 4.69) is 20.1 Å². The summed E-state index contributed by atoms with van der Waals surface area (Å²) in [4.78, 5) is 42.2. The van der Waals surface area contributed by atoms with Crippen LogP contribution in [-0.2, 0) is 6.54 Å². The quantitative estimate of drug-likeness (QED) is 0.359. The highest BCUT2D eigenvalue weighted by molar-refractivity contribution is 7.99. The molecule has 3 N–H and O–H groups in total. The summed E-state index contributed by atoms with van der Waals surface area (Å²) in [5.41, 5.74) is 6.57. The normalized spacial score (nSPS) is 14.0. The second-order valence-corrected chi connectivity index (χ2v) is 10.2. The summed E-state index contributed by atoms with van der Waals surface area (Å²) in [6.45, 7) is 7.97. The van der Waals surface area contributed by atoms with Crippen LogP contribution < -0.4 is 21.9 Å². The molecule has 0 radical (unpaired) electrons. The number of carbonyl (C=O) groups excluding carboxylic acids is 1. The van der Waals surface area contributed by atoms with Crippen molar-refractivity contribution >= 4 is 29.3 Å². The standard InChI is InChI=1S/C24H31N7O3S/c1-15(2)13-30-20(25)19(21(33)26-23(30)34)18(32)14-35-24-28-27-22(29-11-5-4-6-12-29)31(24)17-9-7-16(3)8-10-17/h7-10,15H,4-6,11-14,25H2,1-3H3,(H,26,33,34). The van der Waals surface area contributed by atoms with E-state index in [9.17, 15) is 14.4 Å². The van der Waals surface area contributed by atoms with Crippen molar-refractivity contribution in [3.05, 3.63) is 56.2 Å². The molecule has 0 aliphatic carbocycles. The molecule has 0 unspecified atom stereocenters. The second kappa shape index (κ2) is 10.5. The Bertz CT molecular complexity index is 1320. The molecule has 10 nitrogen and oxygen atoms in total. The maximum atomic E-state index is 13.1. The number of nitrogen functional groups attached to an aromatic ring is 1. The SMILES string of the molecule is Cc1ccc(-n2c(SCC(=O)c3c(N)n(CC(C)C)c(=O)[nH]c3=O)nnc2N2CCCCC2)cc1. The van der Waals surface area contributed by atoms with Crippen molar-refractivity contribution in [2.24, 2.45) is 5.92 Å². The minimum absolute atomic E-state index is 0.0723. The summed E-state index contributed by atoms with van der Waals surface area (Å²) >= 11 is 1.19. The minimum Gasteiger partial charge on any atom is -0.384 e. The first-order valence-corrected chi connectivity index (χ1v) is 12.8. The van der Waals surface area contributed by atoms with Crippen LogP contribution in [0.3, 0.4) is 0 Å². The predicted octanol–water partition coefficient (Wildman–Crippen LogP) is 2.63. The fourth-order valence-electron chi connectivity index (χ4n) is 4.18. The van der Waals surface area contributed by atoms with Crippen LogP contribution in [0.4, 0.5) is 11.8 Å². The van der Waals surface area contributed by atoms with Crippen LogP contribution in [0.5, 0.6) is 0 Å². The molecule has 1 aliphatic heterocycles. The largest absolute Gasteiger partial charge is 0.384 e. The number of hydrogen-bond acceptors (Lipinski definition) is 8. The molecule has 1 aliphatic rings. The molecular weight excluding hydrogens is 466 g/mol. The number of H-pyrrole nitrogens is 1. The van der Waals surface area contributed by atoms with E-state index in [-0.39, 0.29) is 23.1 Å². The lowest BCUT2D eigenvalue weighted by Gasteiger charge is -2.27. The summed E-state index contributed by atoms with van der Waals surface area (Å²) in [6, 6.07) is 8.05. The van der Waals surface area contributed by atoms with Gasteiger partial charge in [-0.2, -0.15) is 0 Å². The Kier molecular flexibility index (Phi) is 7.44. The zero-order valence-electron chi connectivity index (χ0n) is 20.3. The fourth-order valence-corrected chi connectivity index (χ4v) is 5.00. The van der Waals surface area contributed by atoms with E-state index in [1.165, 1.54) is 22.7 Å². The van der Waals surface area contributed by atoms with Crippen molar-refractivity contribution in [2.75, 3.05) is 29.5 Å². The summed E-state index contributed by atoms with van der Waals surface area (Å²) in [5.74, 6) is 0.207. The average Bonchev–Trinajstić information content (AvgIpc) is 3.25. The lowest BCUT2D eigenvalue weighted by atomic mass is 10.1. The molecule has 0 bridgehead atoms. The number of thioether (sulfide) groups is 1. The first-order valence-electron chi connectivity index (χ1n) is 11.8. The number of anilines is 2. The van der Waals surface area contributed by atoms with Crippen LogP contribution >= 0.6 is 11.8 Å². The van der Waals surface area contributed by atoms with Gasteiger partial charge in [-0.1, -0.05) is 43.3 Å². The summed E-state index contributed by atoms with van der Waals surface area (Å²) in [5, 5.41) is 9.38. The molecule has 4 rings (SSSR count). The van der Waals surface area contributed by atoms with E-state index in [0.29, 0.717) is 11.7 Å². The molecule has 1 fully saturated rings. The van der Waals surface area contributed by atoms with E-state index >= 15 is 0 Å². The number of nitrogens with two attached hydrogens (primary N) is 1. The maximum absolute atomic E-state index is 13.1. The van der Waals surface area contributed by atoms with Gasteiger partial charge in [0, 0.05) is 19.6 Å². The van der Waals surface area contributed by atoms with Crippen molar-refractivity contribution in [3.63, 3.8) is 0 Å². The van der Waals surface area contributed by atoms with E-state index in [4.69, 9.17) is 5.73 Å². The van der Waals surface area contributed by atoms with E-state index < -0.39 is 17.0 Å². The zero-order valence-corrected chi connectivity index (χ0v) is 21.1. The molecule has 186 valence electrons. The summed E-state index contributed by atoms with van der Waals surface area (Å²) < 4.78 is 3.20. The first kappa shape index (κ1) is 24.8. The third-order valence-electron chi connectivity index (χ3n) is 5.95. The predicted molar refractivity (Wildman–Crippen MR) is 138 cm³/mol. The topological polar surface area (TPSA) is 132 Å². The van der Waals surface area contributed by atoms with Gasteiger partial charge in [-0.25, -0.2) is 4.79 Å². The highest BCUT2D eigenvalue weighted by Crippen LogP contribution is 2.29. The van der Waals surface area contributed by atoms with E-state index in [0.717, 1.165) is 43.1 Å². The van der Waals surface area contributed by atoms with Crippen molar-refractivity contribution in [3.8, 4) is 5.69 Å². The van der Waals surface area contributed by atoms with E-state index in [1.54, 1.807) is 0 Å². The molecule has 0 atom stereocenters. The molecule has 3 aromatic rings. The summed E-state index contributed by atoms with van der Waals surface area (Å²) in [7, 11) is 0. The van der Waals surface area contributed by atoms with Crippen LogP contribution in [-0.4, -0.2) is 48.9 Å². The molecule has 2 aromatic heterocycles. The maximum Gasteiger partial charge on any atom is 0.329 e. The number of nitrogens with one attached hydrogen (secondary N) is 1. The molecule has 0 amide bonds. The Morgan fingerprint density at radius 3 is 2.46 bits per heavy atom. The number of benzene rings is 1. The van der Waals surface area contributed by atoms with Crippen molar-refractivity contribution in [2.45, 2.75) is 51.7 Å². The Hall–Kier alpha value is -3.34. The van der Waals surface area contributed by atoms with Crippen LogP contribution in [0.25, 0.3) is 5.69 Å². The number of ketones is 1. The number of piperidine rings is 1. The van der Waals surface area contributed by atoms with Crippen molar-refractivity contribution in [1.82, 2.24) is 24.3 Å². The van der Waals surface area contributed by atoms with Gasteiger partial charge in [0.25, 0.3) is 5.56 Å². The molecule has 0 spiro atoms. The zero-order chi connectivity index (χ0) is 25.1. The van der Waals surface area contributed by atoms with Crippen molar-refractivity contribution in [1.29, 1.82) is 0 Å². The van der Waals surface area contributed by atoms with Gasteiger partial charge < -0.3 is 10.6 Å². The van der Waals surface area contributed by atoms with Crippen LogP contribution in [0.1, 0.15) is 49.0 Å². The van der Waals surface area contributed by atoms with Crippen LogP contribution in [0.2, 0.25) is 0 Å². The molecule has 3 heterocycles. The minimum atomic E-state index is -0.771. The third kappa shape index (κ3) is 5.34. The van der Waals surface area contributed by atoms with Gasteiger partial charge in [0.2, 0.25) is 5.95 Å².